The molecule has 1 aliphatic heterocycles. The van der Waals surface area contributed by atoms with Gasteiger partial charge in [0.25, 0.3) is 0 Å². The molecule has 1 saturated heterocycles. The first-order chi connectivity index (χ1) is 15.4. The summed E-state index contributed by atoms with van der Waals surface area (Å²) in [5, 5.41) is 41.9. The molecule has 184 valence electrons. The highest BCUT2D eigenvalue weighted by molar-refractivity contribution is 5.92. The van der Waals surface area contributed by atoms with Gasteiger partial charge in [-0.15, -0.1) is 0 Å². The molecule has 0 radical (unpaired) electrons. The maximum Gasteiger partial charge on any atom is 0.335 e. The molecule has 1 aromatic carbocycles. The average Bonchev–Trinajstić information content (AvgIpc) is 2.72. The Labute approximate surface area is 191 Å². The minimum atomic E-state index is -1.86. The Bertz CT molecular complexity index is 856. The molecule has 11 heteroatoms. The Balaban J connectivity index is 2.28. The number of carboxylic acid groups (broad SMARTS) is 1. The second-order valence-electron chi connectivity index (χ2n) is 8.59. The van der Waals surface area contributed by atoms with E-state index in [2.05, 4.69) is 5.32 Å². The fourth-order valence-electron chi connectivity index (χ4n) is 3.04. The minimum absolute atomic E-state index is 0.0165. The zero-order valence-electron chi connectivity index (χ0n) is 18.9. The maximum absolute atomic E-state index is 12.4. The number of nitrogens with one attached hydrogen (secondary N) is 1. The number of rotatable bonds is 9. The molecule has 0 spiro atoms. The quantitative estimate of drug-likeness (QED) is 0.323. The number of ether oxygens (including phenoxy) is 3. The number of amides is 1. The van der Waals surface area contributed by atoms with Crippen LogP contribution in [0, 0.1) is 11.8 Å². The molecule has 2 rings (SSSR count). The minimum Gasteiger partial charge on any atom is -0.479 e. The highest BCUT2D eigenvalue weighted by Crippen LogP contribution is 2.31. The molecule has 0 bridgehead atoms. The van der Waals surface area contributed by atoms with Gasteiger partial charge < -0.3 is 40.0 Å². The zero-order valence-corrected chi connectivity index (χ0v) is 18.9. The van der Waals surface area contributed by atoms with Crippen molar-refractivity contribution in [3.05, 3.63) is 23.8 Å². The number of carboxylic acids is 1. The van der Waals surface area contributed by atoms with Gasteiger partial charge in [0.05, 0.1) is 11.6 Å². The fraction of sp³-hybridized carbons (Fsp3) is 0.591. The smallest absolute Gasteiger partial charge is 0.335 e. The van der Waals surface area contributed by atoms with Crippen LogP contribution in [0.15, 0.2) is 18.2 Å². The predicted octanol–water partition coefficient (Wildman–Crippen LogP) is 0.641. The van der Waals surface area contributed by atoms with Crippen molar-refractivity contribution in [2.45, 2.75) is 71.4 Å². The van der Waals surface area contributed by atoms with Crippen LogP contribution in [0.5, 0.6) is 5.75 Å². The van der Waals surface area contributed by atoms with Crippen molar-refractivity contribution < 1.29 is 49.0 Å². The molecule has 1 unspecified atom stereocenters. The number of aliphatic hydroxyl groups is 3. The van der Waals surface area contributed by atoms with E-state index < -0.39 is 42.6 Å². The second kappa shape index (κ2) is 11.4. The van der Waals surface area contributed by atoms with Crippen LogP contribution < -0.4 is 10.1 Å². The van der Waals surface area contributed by atoms with E-state index in [4.69, 9.17) is 14.2 Å². The Morgan fingerprint density at radius 3 is 2.30 bits per heavy atom. The van der Waals surface area contributed by atoms with E-state index in [9.17, 15) is 34.8 Å². The van der Waals surface area contributed by atoms with Gasteiger partial charge in [-0.2, -0.15) is 0 Å². The number of carbonyl (C=O) groups is 3. The molecular formula is C22H31NO10. The summed E-state index contributed by atoms with van der Waals surface area (Å²) in [7, 11) is 0. The standard InChI is InChI=1S/C22H31NO10/c1-10(2)7-15(24)23-13-8-12(9-31-21(30)11(3)4)5-6-14(13)32-22-18(27)16(25)17(26)19(33-22)20(28)29/h5-6,8,10-11,16-19,22,25-27H,7,9H2,1-4H3,(H,23,24)(H,28,29)/t16-,17-,18+,19-,22?/m1/s1. The molecule has 1 aromatic rings. The lowest BCUT2D eigenvalue weighted by molar-refractivity contribution is -0.271. The first-order valence-electron chi connectivity index (χ1n) is 10.6. The molecule has 1 heterocycles. The van der Waals surface area contributed by atoms with Crippen LogP contribution in [-0.2, 0) is 30.5 Å². The summed E-state index contributed by atoms with van der Waals surface area (Å²) in [6, 6.07) is 4.49. The third-order valence-corrected chi connectivity index (χ3v) is 4.82. The van der Waals surface area contributed by atoms with Crippen molar-refractivity contribution in [1.29, 1.82) is 0 Å². The lowest BCUT2D eigenvalue weighted by atomic mass is 9.99. The van der Waals surface area contributed by atoms with Gasteiger partial charge in [-0.05, 0) is 23.6 Å². The van der Waals surface area contributed by atoms with Gasteiger partial charge in [0.15, 0.2) is 6.10 Å². The van der Waals surface area contributed by atoms with Crippen LogP contribution >= 0.6 is 0 Å². The third kappa shape index (κ3) is 7.13. The highest BCUT2D eigenvalue weighted by atomic mass is 16.7. The molecule has 11 nitrogen and oxygen atoms in total. The largest absolute Gasteiger partial charge is 0.479 e. The fourth-order valence-corrected chi connectivity index (χ4v) is 3.04. The first-order valence-corrected chi connectivity index (χ1v) is 10.6. The molecule has 5 atom stereocenters. The number of carbonyl (C=O) groups excluding carboxylic acids is 2. The van der Waals surface area contributed by atoms with Crippen LogP contribution in [0.1, 0.15) is 39.7 Å². The van der Waals surface area contributed by atoms with Crippen LogP contribution in [0.2, 0.25) is 0 Å². The topological polar surface area (TPSA) is 172 Å². The Hall–Kier alpha value is -2.73. The Morgan fingerprint density at radius 1 is 1.06 bits per heavy atom. The SMILES string of the molecule is CC(C)CC(=O)Nc1cc(COC(=O)C(C)C)ccc1OC1O[C@@H](C(=O)O)[C@H](O)[C@@H](O)[C@@H]1O. The van der Waals surface area contributed by atoms with E-state index >= 15 is 0 Å². The van der Waals surface area contributed by atoms with Crippen molar-refractivity contribution in [1.82, 2.24) is 0 Å². The summed E-state index contributed by atoms with van der Waals surface area (Å²) in [5.41, 5.74) is 0.710. The van der Waals surface area contributed by atoms with Crippen LogP contribution in [-0.4, -0.2) is 69.0 Å². The van der Waals surface area contributed by atoms with E-state index in [1.807, 2.05) is 13.8 Å². The van der Waals surface area contributed by atoms with Crippen molar-refractivity contribution >= 4 is 23.5 Å². The van der Waals surface area contributed by atoms with Gasteiger partial charge in [0.1, 0.15) is 30.7 Å². The maximum atomic E-state index is 12.4. The molecule has 1 amide bonds. The number of hydrogen-bond acceptors (Lipinski definition) is 9. The summed E-state index contributed by atoms with van der Waals surface area (Å²) in [6.07, 6.45) is -8.72. The van der Waals surface area contributed by atoms with Crippen molar-refractivity contribution in [2.24, 2.45) is 11.8 Å². The Kier molecular flexibility index (Phi) is 9.17. The Morgan fingerprint density at radius 2 is 1.73 bits per heavy atom. The van der Waals surface area contributed by atoms with Crippen LogP contribution in [0.25, 0.3) is 0 Å². The van der Waals surface area contributed by atoms with Crippen molar-refractivity contribution in [2.75, 3.05) is 5.32 Å². The van der Waals surface area contributed by atoms with Gasteiger partial charge in [-0.3, -0.25) is 9.59 Å². The second-order valence-corrected chi connectivity index (χ2v) is 8.59. The summed E-state index contributed by atoms with van der Waals surface area (Å²) >= 11 is 0. The molecule has 0 aromatic heterocycles. The lowest BCUT2D eigenvalue weighted by Crippen LogP contribution is -2.61. The van der Waals surface area contributed by atoms with Crippen LogP contribution in [0.4, 0.5) is 5.69 Å². The van der Waals surface area contributed by atoms with Crippen LogP contribution in [0.3, 0.4) is 0 Å². The van der Waals surface area contributed by atoms with E-state index in [-0.39, 0.29) is 42.2 Å². The average molecular weight is 469 g/mol. The van der Waals surface area contributed by atoms with Gasteiger partial charge >= 0.3 is 11.9 Å². The van der Waals surface area contributed by atoms with Gasteiger partial charge in [0, 0.05) is 6.42 Å². The number of aliphatic carboxylic acids is 1. The molecule has 5 N–H and O–H groups in total. The summed E-state index contributed by atoms with van der Waals surface area (Å²) in [6.45, 7) is 7.07. The van der Waals surface area contributed by atoms with E-state index in [0.717, 1.165) is 0 Å². The predicted molar refractivity (Wildman–Crippen MR) is 114 cm³/mol. The molecule has 33 heavy (non-hydrogen) atoms. The zero-order chi connectivity index (χ0) is 24.9. The van der Waals surface area contributed by atoms with Gasteiger partial charge in [0.2, 0.25) is 12.2 Å². The van der Waals surface area contributed by atoms with Gasteiger partial charge in [-0.1, -0.05) is 33.8 Å². The first kappa shape index (κ1) is 26.5. The monoisotopic (exact) mass is 469 g/mol. The number of esters is 1. The van der Waals surface area contributed by atoms with Crippen molar-refractivity contribution in [3.63, 3.8) is 0 Å². The number of hydrogen-bond donors (Lipinski definition) is 5. The van der Waals surface area contributed by atoms with Crippen molar-refractivity contribution in [3.8, 4) is 5.75 Å². The number of anilines is 1. The summed E-state index contributed by atoms with van der Waals surface area (Å²) in [4.78, 5) is 35.4. The molecule has 1 fully saturated rings. The number of benzene rings is 1. The summed E-state index contributed by atoms with van der Waals surface area (Å²) < 4.78 is 15.9. The van der Waals surface area contributed by atoms with Gasteiger partial charge in [-0.25, -0.2) is 4.79 Å². The van der Waals surface area contributed by atoms with E-state index in [1.54, 1.807) is 19.9 Å². The van der Waals surface area contributed by atoms with E-state index in [0.29, 0.717) is 5.56 Å². The lowest BCUT2D eigenvalue weighted by Gasteiger charge is -2.38. The normalized spacial score (nSPS) is 25.1. The molecule has 1 aliphatic rings. The summed E-state index contributed by atoms with van der Waals surface area (Å²) in [5.74, 6) is -2.49. The third-order valence-electron chi connectivity index (χ3n) is 4.82. The highest BCUT2D eigenvalue weighted by Gasteiger charge is 2.48. The van der Waals surface area contributed by atoms with E-state index in [1.165, 1.54) is 12.1 Å². The molecule has 0 saturated carbocycles. The number of aliphatic hydroxyl groups excluding tert-OH is 3. The molecular weight excluding hydrogens is 438 g/mol. The molecule has 0 aliphatic carbocycles.